The first kappa shape index (κ1) is 28.6. The predicted molar refractivity (Wildman–Crippen MR) is 168 cm³/mol. The van der Waals surface area contributed by atoms with Crippen LogP contribution in [0, 0.1) is 0 Å². The molecule has 2 heterocycles. The molecule has 214 valence electrons. The number of benzene rings is 4. The number of nitrogens with zero attached hydrogens (tertiary/aromatic N) is 1. The fourth-order valence-corrected chi connectivity index (χ4v) is 7.21. The molecule has 6 rings (SSSR count). The monoisotopic (exact) mass is 596 g/mol. The van der Waals surface area contributed by atoms with E-state index in [-0.39, 0.29) is 24.7 Å². The standard InChI is InChI=1S/C34H32N2O4S2/c1-22(38)35-19-27-6-2-3-7-29(27)24-14-16-26(17-15-24)33-39-28(18-31(40-33)25-12-10-23(20-37)11-13-25)21-41-34-36-30-8-4-5-9-32(30)42-34/h2-17,28,31,33,37H,18-21H2,1H3,(H,35,38). The van der Waals surface area contributed by atoms with Crippen molar-refractivity contribution in [2.75, 3.05) is 5.75 Å². The van der Waals surface area contributed by atoms with Crippen molar-refractivity contribution in [2.45, 2.75) is 49.3 Å². The largest absolute Gasteiger partial charge is 0.392 e. The van der Waals surface area contributed by atoms with Crippen LogP contribution in [0.25, 0.3) is 21.3 Å². The predicted octanol–water partition coefficient (Wildman–Crippen LogP) is 7.43. The minimum atomic E-state index is -0.522. The van der Waals surface area contributed by atoms with Crippen molar-refractivity contribution in [1.29, 1.82) is 0 Å². The van der Waals surface area contributed by atoms with Crippen LogP contribution in [0.4, 0.5) is 0 Å². The fraction of sp³-hybridized carbons (Fsp3) is 0.235. The highest BCUT2D eigenvalue weighted by molar-refractivity contribution is 8.01. The van der Waals surface area contributed by atoms with Gasteiger partial charge in [0.1, 0.15) is 0 Å². The number of carbonyl (C=O) groups is 1. The first-order valence-electron chi connectivity index (χ1n) is 14.0. The third-order valence-electron chi connectivity index (χ3n) is 7.32. The smallest absolute Gasteiger partial charge is 0.217 e. The molecule has 1 saturated heterocycles. The van der Waals surface area contributed by atoms with E-state index in [0.29, 0.717) is 6.54 Å². The van der Waals surface area contributed by atoms with Gasteiger partial charge in [0.25, 0.3) is 0 Å². The topological polar surface area (TPSA) is 80.7 Å². The Hall–Kier alpha value is -3.53. The van der Waals surface area contributed by atoms with Crippen LogP contribution in [-0.4, -0.2) is 27.9 Å². The van der Waals surface area contributed by atoms with Gasteiger partial charge in [0, 0.05) is 31.2 Å². The number of ether oxygens (including phenoxy) is 2. The molecular weight excluding hydrogens is 565 g/mol. The minimum absolute atomic E-state index is 0.0132. The summed E-state index contributed by atoms with van der Waals surface area (Å²) in [6, 6.07) is 32.5. The highest BCUT2D eigenvalue weighted by Gasteiger charge is 2.32. The lowest BCUT2D eigenvalue weighted by Crippen LogP contribution is -2.31. The Kier molecular flexibility index (Phi) is 8.98. The van der Waals surface area contributed by atoms with Gasteiger partial charge in [-0.2, -0.15) is 0 Å². The van der Waals surface area contributed by atoms with Crippen LogP contribution in [0.15, 0.2) is 101 Å². The summed E-state index contributed by atoms with van der Waals surface area (Å²) in [7, 11) is 0. The van der Waals surface area contributed by atoms with E-state index in [2.05, 4.69) is 41.7 Å². The zero-order valence-electron chi connectivity index (χ0n) is 23.2. The SMILES string of the molecule is CC(=O)NCc1ccccc1-c1ccc(C2OC(CSc3nc4ccccc4s3)CC(c3ccc(CO)cc3)O2)cc1. The molecule has 1 aliphatic rings. The molecule has 5 aromatic rings. The molecule has 1 aromatic heterocycles. The third kappa shape index (κ3) is 6.75. The van der Waals surface area contributed by atoms with E-state index in [0.717, 1.165) is 55.4 Å². The Morgan fingerprint density at radius 3 is 2.45 bits per heavy atom. The molecule has 0 spiro atoms. The van der Waals surface area contributed by atoms with E-state index >= 15 is 0 Å². The van der Waals surface area contributed by atoms with Gasteiger partial charge in [-0.15, -0.1) is 11.3 Å². The van der Waals surface area contributed by atoms with Crippen LogP contribution >= 0.6 is 23.1 Å². The number of fused-ring (bicyclic) bond motifs is 1. The lowest BCUT2D eigenvalue weighted by Gasteiger charge is -2.36. The molecule has 0 radical (unpaired) electrons. The maximum absolute atomic E-state index is 11.5. The Balaban J connectivity index is 1.22. The molecule has 1 amide bonds. The second-order valence-electron chi connectivity index (χ2n) is 10.3. The van der Waals surface area contributed by atoms with Crippen molar-refractivity contribution in [3.05, 3.63) is 119 Å². The Bertz CT molecular complexity index is 1620. The molecule has 4 aromatic carbocycles. The zero-order valence-corrected chi connectivity index (χ0v) is 24.9. The molecule has 3 atom stereocenters. The van der Waals surface area contributed by atoms with Gasteiger partial charge < -0.3 is 19.9 Å². The molecule has 6 nitrogen and oxygen atoms in total. The average Bonchev–Trinajstić information content (AvgIpc) is 3.46. The highest BCUT2D eigenvalue weighted by atomic mass is 32.2. The van der Waals surface area contributed by atoms with Crippen molar-refractivity contribution in [3.8, 4) is 11.1 Å². The van der Waals surface area contributed by atoms with Crippen LogP contribution in [-0.2, 0) is 27.4 Å². The number of carbonyl (C=O) groups excluding carboxylic acids is 1. The van der Waals surface area contributed by atoms with Crippen LogP contribution < -0.4 is 5.32 Å². The molecule has 0 bridgehead atoms. The molecule has 1 aliphatic heterocycles. The van der Waals surface area contributed by atoms with Crippen LogP contribution in [0.5, 0.6) is 0 Å². The molecular formula is C34H32N2O4S2. The lowest BCUT2D eigenvalue weighted by atomic mass is 9.98. The van der Waals surface area contributed by atoms with Crippen LogP contribution in [0.1, 0.15) is 48.0 Å². The Labute approximate surface area is 253 Å². The van der Waals surface area contributed by atoms with Gasteiger partial charge in [-0.1, -0.05) is 96.7 Å². The third-order valence-corrected chi connectivity index (χ3v) is 9.63. The summed E-state index contributed by atoms with van der Waals surface area (Å²) >= 11 is 3.43. The Morgan fingerprint density at radius 2 is 1.69 bits per heavy atom. The maximum atomic E-state index is 11.5. The van der Waals surface area contributed by atoms with Gasteiger partial charge in [-0.05, 0) is 39.9 Å². The molecule has 0 aliphatic carbocycles. The number of thiazole rings is 1. The van der Waals surface area contributed by atoms with Gasteiger partial charge in [-0.3, -0.25) is 4.79 Å². The number of amides is 1. The van der Waals surface area contributed by atoms with Gasteiger partial charge >= 0.3 is 0 Å². The van der Waals surface area contributed by atoms with Gasteiger partial charge in [0.2, 0.25) is 5.91 Å². The molecule has 2 N–H and O–H groups in total. The highest BCUT2D eigenvalue weighted by Crippen LogP contribution is 2.40. The number of hydrogen-bond donors (Lipinski definition) is 2. The number of aromatic nitrogens is 1. The number of aliphatic hydroxyl groups excluding tert-OH is 1. The van der Waals surface area contributed by atoms with Crippen molar-refractivity contribution in [3.63, 3.8) is 0 Å². The quantitative estimate of drug-likeness (QED) is 0.172. The zero-order chi connectivity index (χ0) is 28.9. The van der Waals surface area contributed by atoms with Crippen molar-refractivity contribution < 1.29 is 19.4 Å². The second kappa shape index (κ2) is 13.2. The summed E-state index contributed by atoms with van der Waals surface area (Å²) < 4.78 is 15.3. The summed E-state index contributed by atoms with van der Waals surface area (Å²) in [6.45, 7) is 2.02. The summed E-state index contributed by atoms with van der Waals surface area (Å²) in [4.78, 5) is 16.3. The molecule has 0 saturated carbocycles. The van der Waals surface area contributed by atoms with Crippen molar-refractivity contribution >= 4 is 39.2 Å². The minimum Gasteiger partial charge on any atom is -0.392 e. The van der Waals surface area contributed by atoms with Crippen molar-refractivity contribution in [2.24, 2.45) is 0 Å². The van der Waals surface area contributed by atoms with Gasteiger partial charge in [0.05, 0.1) is 29.0 Å². The summed E-state index contributed by atoms with van der Waals surface area (Å²) in [5, 5.41) is 12.4. The van der Waals surface area contributed by atoms with Crippen molar-refractivity contribution in [1.82, 2.24) is 10.3 Å². The molecule has 8 heteroatoms. The Morgan fingerprint density at radius 1 is 0.952 bits per heavy atom. The molecule has 1 fully saturated rings. The first-order valence-corrected chi connectivity index (χ1v) is 15.8. The van der Waals surface area contributed by atoms with E-state index < -0.39 is 6.29 Å². The average molecular weight is 597 g/mol. The normalized spacial score (nSPS) is 18.7. The summed E-state index contributed by atoms with van der Waals surface area (Å²) in [6.07, 6.45) is 0.0179. The van der Waals surface area contributed by atoms with E-state index in [9.17, 15) is 9.90 Å². The second-order valence-corrected chi connectivity index (χ2v) is 12.6. The van der Waals surface area contributed by atoms with E-state index in [4.69, 9.17) is 14.5 Å². The van der Waals surface area contributed by atoms with Gasteiger partial charge in [0.15, 0.2) is 10.6 Å². The van der Waals surface area contributed by atoms with Crippen LogP contribution in [0.3, 0.4) is 0 Å². The number of thioether (sulfide) groups is 1. The lowest BCUT2D eigenvalue weighted by molar-refractivity contribution is -0.245. The van der Waals surface area contributed by atoms with E-state index in [1.54, 1.807) is 23.1 Å². The number of rotatable bonds is 9. The number of nitrogens with one attached hydrogen (secondary N) is 1. The summed E-state index contributed by atoms with van der Waals surface area (Å²) in [5.74, 6) is 0.711. The number of aliphatic hydroxyl groups is 1. The van der Waals surface area contributed by atoms with Gasteiger partial charge in [-0.25, -0.2) is 4.98 Å². The fourth-order valence-electron chi connectivity index (χ4n) is 5.10. The molecule has 42 heavy (non-hydrogen) atoms. The maximum Gasteiger partial charge on any atom is 0.217 e. The van der Waals surface area contributed by atoms with E-state index in [1.807, 2.05) is 60.7 Å². The first-order chi connectivity index (χ1) is 20.6. The number of hydrogen-bond acceptors (Lipinski definition) is 7. The number of para-hydroxylation sites is 1. The summed E-state index contributed by atoms with van der Waals surface area (Å²) in [5.41, 5.74) is 7.12. The van der Waals surface area contributed by atoms with Crippen LogP contribution in [0.2, 0.25) is 0 Å². The molecule has 3 unspecified atom stereocenters. The van der Waals surface area contributed by atoms with E-state index in [1.165, 1.54) is 11.6 Å².